The molecule has 2 aromatic rings. The minimum atomic E-state index is -0.910. The molecule has 0 amide bonds. The van der Waals surface area contributed by atoms with Gasteiger partial charge in [-0.1, -0.05) is 11.8 Å². The number of hydrogen-bond donors (Lipinski definition) is 1. The van der Waals surface area contributed by atoms with Crippen LogP contribution in [0.15, 0.2) is 17.6 Å². The maximum absolute atomic E-state index is 10.5. The van der Waals surface area contributed by atoms with E-state index < -0.39 is 5.97 Å². The van der Waals surface area contributed by atoms with E-state index in [-0.39, 0.29) is 11.8 Å². The van der Waals surface area contributed by atoms with Gasteiger partial charge in [-0.05, 0) is 24.3 Å². The summed E-state index contributed by atoms with van der Waals surface area (Å²) < 4.78 is 3.25. The number of hydrogen-bond acceptors (Lipinski definition) is 6. The van der Waals surface area contributed by atoms with Crippen LogP contribution >= 0.6 is 11.8 Å². The van der Waals surface area contributed by atoms with Crippen LogP contribution in [0.2, 0.25) is 0 Å². The third-order valence-corrected chi connectivity index (χ3v) is 3.03. The summed E-state index contributed by atoms with van der Waals surface area (Å²) in [5.74, 6) is -0.994. The summed E-state index contributed by atoms with van der Waals surface area (Å²) in [6.45, 7) is 4.02. The Bertz CT molecular complexity index is 549. The highest BCUT2D eigenvalue weighted by molar-refractivity contribution is 7.99. The Morgan fingerprint density at radius 1 is 1.56 bits per heavy atom. The lowest BCUT2D eigenvalue weighted by Gasteiger charge is -2.03. The van der Waals surface area contributed by atoms with Crippen molar-refractivity contribution in [1.29, 1.82) is 0 Å². The van der Waals surface area contributed by atoms with Gasteiger partial charge in [0.1, 0.15) is 5.69 Å². The second-order valence-electron chi connectivity index (χ2n) is 3.83. The second-order valence-corrected chi connectivity index (χ2v) is 4.77. The second kappa shape index (κ2) is 5.17. The van der Waals surface area contributed by atoms with Crippen molar-refractivity contribution in [2.75, 3.05) is 5.75 Å². The van der Waals surface area contributed by atoms with E-state index in [9.17, 15) is 4.79 Å². The zero-order valence-electron chi connectivity index (χ0n) is 9.89. The molecule has 0 saturated heterocycles. The van der Waals surface area contributed by atoms with E-state index >= 15 is 0 Å². The number of nitrogens with zero attached hydrogens (tertiary/aromatic N) is 6. The summed E-state index contributed by atoms with van der Waals surface area (Å²) in [6, 6.07) is 0.241. The van der Waals surface area contributed by atoms with Gasteiger partial charge in [0.25, 0.3) is 0 Å². The average Bonchev–Trinajstić information content (AvgIpc) is 2.94. The zero-order chi connectivity index (χ0) is 13.1. The summed E-state index contributed by atoms with van der Waals surface area (Å²) in [7, 11) is 0. The van der Waals surface area contributed by atoms with Crippen LogP contribution in [0, 0.1) is 0 Å². The predicted molar refractivity (Wildman–Crippen MR) is 63.7 cm³/mol. The number of carboxylic acids is 1. The molecule has 96 valence electrons. The Hall–Kier alpha value is -1.90. The third-order valence-electron chi connectivity index (χ3n) is 2.13. The van der Waals surface area contributed by atoms with E-state index in [0.717, 1.165) is 11.8 Å². The molecular formula is C9H12N6O2S. The van der Waals surface area contributed by atoms with Gasteiger partial charge >= 0.3 is 5.97 Å². The quantitative estimate of drug-likeness (QED) is 0.793. The van der Waals surface area contributed by atoms with E-state index in [1.54, 1.807) is 10.9 Å². The van der Waals surface area contributed by atoms with E-state index in [1.807, 2.05) is 20.0 Å². The van der Waals surface area contributed by atoms with Crippen LogP contribution < -0.4 is 0 Å². The molecule has 9 heteroatoms. The number of carboxylic acid groups (broad SMARTS) is 1. The highest BCUT2D eigenvalue weighted by Crippen LogP contribution is 2.18. The van der Waals surface area contributed by atoms with Crippen LogP contribution in [0.5, 0.6) is 0 Å². The Labute approximate surface area is 107 Å². The van der Waals surface area contributed by atoms with Gasteiger partial charge in [-0.15, -0.1) is 5.10 Å². The summed E-state index contributed by atoms with van der Waals surface area (Å²) in [6.07, 6.45) is 3.45. The first-order chi connectivity index (χ1) is 8.58. The van der Waals surface area contributed by atoms with Crippen LogP contribution in [0.3, 0.4) is 0 Å². The van der Waals surface area contributed by atoms with Gasteiger partial charge in [-0.3, -0.25) is 9.48 Å². The molecule has 0 aliphatic heterocycles. The van der Waals surface area contributed by atoms with Crippen molar-refractivity contribution in [3.8, 4) is 5.69 Å². The van der Waals surface area contributed by atoms with Crippen molar-refractivity contribution in [3.05, 3.63) is 12.4 Å². The molecule has 0 atom stereocenters. The molecule has 1 N–H and O–H groups in total. The molecular weight excluding hydrogens is 256 g/mol. The summed E-state index contributed by atoms with van der Waals surface area (Å²) in [4.78, 5) is 10.5. The predicted octanol–water partition coefficient (Wildman–Crippen LogP) is 0.616. The number of aliphatic carboxylic acids is 1. The molecule has 0 aliphatic rings. The fourth-order valence-electron chi connectivity index (χ4n) is 1.28. The van der Waals surface area contributed by atoms with E-state index in [2.05, 4.69) is 20.6 Å². The Kier molecular flexibility index (Phi) is 3.60. The minimum Gasteiger partial charge on any atom is -0.481 e. The highest BCUT2D eigenvalue weighted by Gasteiger charge is 2.12. The van der Waals surface area contributed by atoms with Crippen molar-refractivity contribution in [2.24, 2.45) is 0 Å². The van der Waals surface area contributed by atoms with E-state index in [4.69, 9.17) is 5.11 Å². The molecule has 2 heterocycles. The first kappa shape index (κ1) is 12.6. The third kappa shape index (κ3) is 2.67. The number of carbonyl (C=O) groups is 1. The van der Waals surface area contributed by atoms with Gasteiger partial charge in [0, 0.05) is 6.04 Å². The number of rotatable bonds is 5. The van der Waals surface area contributed by atoms with Gasteiger partial charge in [0.15, 0.2) is 0 Å². The fraction of sp³-hybridized carbons (Fsp3) is 0.444. The molecule has 2 rings (SSSR count). The van der Waals surface area contributed by atoms with Crippen molar-refractivity contribution in [2.45, 2.75) is 25.0 Å². The molecule has 0 fully saturated rings. The van der Waals surface area contributed by atoms with E-state index in [1.165, 1.54) is 4.68 Å². The lowest BCUT2D eigenvalue weighted by Crippen LogP contribution is -2.03. The van der Waals surface area contributed by atoms with Crippen molar-refractivity contribution in [3.63, 3.8) is 0 Å². The topological polar surface area (TPSA) is 98.7 Å². The van der Waals surface area contributed by atoms with Crippen LogP contribution in [0.4, 0.5) is 0 Å². The standard InChI is InChI=1S/C9H12N6O2S/c1-6(2)14-4-7(3-10-14)15-9(11-12-13-15)18-5-8(16)17/h3-4,6H,5H2,1-2H3,(H,16,17). The van der Waals surface area contributed by atoms with E-state index in [0.29, 0.717) is 10.8 Å². The lowest BCUT2D eigenvalue weighted by molar-refractivity contribution is -0.133. The van der Waals surface area contributed by atoms with Gasteiger partial charge in [-0.25, -0.2) is 0 Å². The molecule has 0 aliphatic carbocycles. The number of thioether (sulfide) groups is 1. The SMILES string of the molecule is CC(C)n1cc(-n2nnnc2SCC(=O)O)cn1. The first-order valence-electron chi connectivity index (χ1n) is 5.25. The monoisotopic (exact) mass is 268 g/mol. The van der Waals surface area contributed by atoms with Crippen LogP contribution in [0.25, 0.3) is 5.69 Å². The van der Waals surface area contributed by atoms with Gasteiger partial charge in [0.05, 0.1) is 18.1 Å². The molecule has 0 radical (unpaired) electrons. The Morgan fingerprint density at radius 2 is 2.33 bits per heavy atom. The summed E-state index contributed by atoms with van der Waals surface area (Å²) >= 11 is 1.06. The largest absolute Gasteiger partial charge is 0.481 e. The summed E-state index contributed by atoms with van der Waals surface area (Å²) in [5.41, 5.74) is 0.710. The fourth-order valence-corrected chi connectivity index (χ4v) is 1.89. The zero-order valence-corrected chi connectivity index (χ0v) is 10.7. The molecule has 0 unspecified atom stereocenters. The average molecular weight is 268 g/mol. The molecule has 0 saturated carbocycles. The first-order valence-corrected chi connectivity index (χ1v) is 6.24. The normalized spacial score (nSPS) is 11.1. The highest BCUT2D eigenvalue weighted by atomic mass is 32.2. The minimum absolute atomic E-state index is 0.0846. The molecule has 2 aromatic heterocycles. The maximum atomic E-state index is 10.5. The van der Waals surface area contributed by atoms with Crippen LogP contribution in [-0.4, -0.2) is 46.8 Å². The van der Waals surface area contributed by atoms with Gasteiger partial charge < -0.3 is 5.11 Å². The molecule has 0 bridgehead atoms. The van der Waals surface area contributed by atoms with Gasteiger partial charge in [-0.2, -0.15) is 9.78 Å². The molecule has 18 heavy (non-hydrogen) atoms. The number of aromatic nitrogens is 6. The lowest BCUT2D eigenvalue weighted by atomic mass is 10.4. The maximum Gasteiger partial charge on any atom is 0.313 e. The van der Waals surface area contributed by atoms with Gasteiger partial charge in [0.2, 0.25) is 5.16 Å². The molecule has 0 aromatic carbocycles. The molecule has 0 spiro atoms. The van der Waals surface area contributed by atoms with Crippen LogP contribution in [-0.2, 0) is 4.79 Å². The summed E-state index contributed by atoms with van der Waals surface area (Å²) in [5, 5.41) is 24.4. The molecule has 8 nitrogen and oxygen atoms in total. The van der Waals surface area contributed by atoms with Crippen LogP contribution in [0.1, 0.15) is 19.9 Å². The Balaban J connectivity index is 2.21. The number of tetrazole rings is 1. The Morgan fingerprint density at radius 3 is 2.94 bits per heavy atom. The van der Waals surface area contributed by atoms with Crippen molar-refractivity contribution < 1.29 is 9.90 Å². The van der Waals surface area contributed by atoms with Crippen molar-refractivity contribution >= 4 is 17.7 Å². The van der Waals surface area contributed by atoms with Crippen molar-refractivity contribution in [1.82, 2.24) is 30.0 Å². The smallest absolute Gasteiger partial charge is 0.313 e.